The summed E-state index contributed by atoms with van der Waals surface area (Å²) >= 11 is 1.28. The van der Waals surface area contributed by atoms with E-state index in [1.165, 1.54) is 36.0 Å². The molecule has 0 amide bonds. The van der Waals surface area contributed by atoms with Crippen molar-refractivity contribution in [2.75, 3.05) is 12.4 Å². The van der Waals surface area contributed by atoms with Gasteiger partial charge in [0.2, 0.25) is 0 Å². The zero-order chi connectivity index (χ0) is 21.5. The van der Waals surface area contributed by atoms with Gasteiger partial charge < -0.3 is 15.2 Å². The maximum absolute atomic E-state index is 14.6. The third kappa shape index (κ3) is 3.98. The van der Waals surface area contributed by atoms with Crippen LogP contribution in [-0.4, -0.2) is 23.9 Å². The van der Waals surface area contributed by atoms with E-state index in [0.717, 1.165) is 12.1 Å². The number of para-hydroxylation sites is 1. The summed E-state index contributed by atoms with van der Waals surface area (Å²) in [5.41, 5.74) is 5.12. The molecule has 2 N–H and O–H groups in total. The number of hydrogen-bond donors (Lipinski definition) is 1. The van der Waals surface area contributed by atoms with Crippen molar-refractivity contribution in [1.29, 1.82) is 0 Å². The quantitative estimate of drug-likeness (QED) is 0.685. The minimum Gasteiger partial charge on any atom is -0.405 e. The van der Waals surface area contributed by atoms with Crippen LogP contribution >= 0.6 is 11.8 Å². The number of halogens is 5. The number of nitrogens with zero attached hydrogens (tertiary/aromatic N) is 1. The standard InChI is InChI=1S/C20H17F5N2O2S/c21-12-5-6-14(15(22)8-12)19-10-28-17(7-11(19)9-30-18(26)27-19)13-3-1-2-4-16(13)29-20(23,24)25/h1-6,8,11,17H,7,9-10H2,(H2,26,27)/t11-,17+,19-/m0/s1. The van der Waals surface area contributed by atoms with Gasteiger partial charge in [0.15, 0.2) is 5.17 Å². The van der Waals surface area contributed by atoms with Gasteiger partial charge in [0.25, 0.3) is 0 Å². The van der Waals surface area contributed by atoms with Crippen molar-refractivity contribution in [2.24, 2.45) is 16.6 Å². The average Bonchev–Trinajstić information content (AvgIpc) is 2.66. The summed E-state index contributed by atoms with van der Waals surface area (Å²) in [6, 6.07) is 8.98. The van der Waals surface area contributed by atoms with Crippen LogP contribution in [0.2, 0.25) is 0 Å². The van der Waals surface area contributed by atoms with Crippen molar-refractivity contribution in [1.82, 2.24) is 0 Å². The third-order valence-corrected chi connectivity index (χ3v) is 6.27. The highest BCUT2D eigenvalue weighted by Gasteiger charge is 2.50. The van der Waals surface area contributed by atoms with Gasteiger partial charge in [0.05, 0.1) is 12.7 Å². The van der Waals surface area contributed by atoms with Crippen LogP contribution in [0.15, 0.2) is 47.5 Å². The summed E-state index contributed by atoms with van der Waals surface area (Å²) in [4.78, 5) is 4.47. The highest BCUT2D eigenvalue weighted by atomic mass is 32.2. The van der Waals surface area contributed by atoms with Gasteiger partial charge in [-0.15, -0.1) is 13.2 Å². The Hall–Kier alpha value is -2.33. The lowest BCUT2D eigenvalue weighted by Gasteiger charge is -2.46. The summed E-state index contributed by atoms with van der Waals surface area (Å²) < 4.78 is 76.5. The molecule has 2 aliphatic rings. The monoisotopic (exact) mass is 444 g/mol. The molecule has 0 unspecified atom stereocenters. The number of amidine groups is 1. The average molecular weight is 444 g/mol. The van der Waals surface area contributed by atoms with Gasteiger partial charge >= 0.3 is 6.36 Å². The fourth-order valence-electron chi connectivity index (χ4n) is 3.99. The first-order valence-corrected chi connectivity index (χ1v) is 10.1. The molecule has 2 aliphatic heterocycles. The molecular formula is C20H17F5N2O2S. The zero-order valence-corrected chi connectivity index (χ0v) is 16.3. The molecule has 0 spiro atoms. The second-order valence-electron chi connectivity index (χ2n) is 7.13. The maximum atomic E-state index is 14.6. The van der Waals surface area contributed by atoms with Gasteiger partial charge in [-0.1, -0.05) is 36.0 Å². The van der Waals surface area contributed by atoms with Gasteiger partial charge in [-0.05, 0) is 18.6 Å². The topological polar surface area (TPSA) is 56.8 Å². The molecule has 2 aromatic rings. The molecule has 2 heterocycles. The largest absolute Gasteiger partial charge is 0.573 e. The van der Waals surface area contributed by atoms with Crippen molar-refractivity contribution < 1.29 is 31.4 Å². The van der Waals surface area contributed by atoms with E-state index in [1.54, 1.807) is 6.07 Å². The Kier molecular flexibility index (Phi) is 5.39. The predicted octanol–water partition coefficient (Wildman–Crippen LogP) is 4.90. The zero-order valence-electron chi connectivity index (χ0n) is 15.5. The van der Waals surface area contributed by atoms with Crippen molar-refractivity contribution in [3.63, 3.8) is 0 Å². The Balaban J connectivity index is 1.69. The summed E-state index contributed by atoms with van der Waals surface area (Å²) in [5, 5.41) is 0.248. The van der Waals surface area contributed by atoms with E-state index in [0.29, 0.717) is 5.75 Å². The second kappa shape index (κ2) is 7.73. The van der Waals surface area contributed by atoms with Crippen molar-refractivity contribution in [3.8, 4) is 5.75 Å². The van der Waals surface area contributed by atoms with Crippen LogP contribution in [-0.2, 0) is 10.3 Å². The van der Waals surface area contributed by atoms with Crippen LogP contribution in [0.4, 0.5) is 22.0 Å². The van der Waals surface area contributed by atoms with E-state index >= 15 is 0 Å². The molecule has 3 atom stereocenters. The molecule has 4 rings (SSSR count). The fraction of sp³-hybridized carbons (Fsp3) is 0.350. The van der Waals surface area contributed by atoms with E-state index in [-0.39, 0.29) is 41.0 Å². The highest BCUT2D eigenvalue weighted by Crippen LogP contribution is 2.50. The van der Waals surface area contributed by atoms with Gasteiger partial charge in [-0.2, -0.15) is 0 Å². The SMILES string of the molecule is NC1=N[C@@]2(c3ccc(F)cc3F)CO[C@@H](c3ccccc3OC(F)(F)F)C[C@H]2CS1. The maximum Gasteiger partial charge on any atom is 0.573 e. The van der Waals surface area contributed by atoms with E-state index in [2.05, 4.69) is 9.73 Å². The first-order valence-electron chi connectivity index (χ1n) is 9.08. The van der Waals surface area contributed by atoms with E-state index in [1.807, 2.05) is 0 Å². The Morgan fingerprint density at radius 1 is 1.17 bits per heavy atom. The number of aliphatic imine (C=N–C) groups is 1. The second-order valence-corrected chi connectivity index (χ2v) is 8.17. The Labute approximate surface area is 173 Å². The number of benzene rings is 2. The number of alkyl halides is 3. The Morgan fingerprint density at radius 3 is 2.67 bits per heavy atom. The molecule has 0 aliphatic carbocycles. The first-order chi connectivity index (χ1) is 14.2. The molecule has 30 heavy (non-hydrogen) atoms. The number of ether oxygens (including phenoxy) is 2. The smallest absolute Gasteiger partial charge is 0.405 e. The molecule has 2 aromatic carbocycles. The van der Waals surface area contributed by atoms with Crippen LogP contribution in [0, 0.1) is 17.6 Å². The molecule has 160 valence electrons. The van der Waals surface area contributed by atoms with Crippen LogP contribution in [0.1, 0.15) is 23.7 Å². The lowest BCUT2D eigenvalue weighted by molar-refractivity contribution is -0.275. The molecule has 0 saturated carbocycles. The molecule has 1 saturated heterocycles. The summed E-state index contributed by atoms with van der Waals surface area (Å²) in [6.07, 6.45) is -5.29. The fourth-order valence-corrected chi connectivity index (χ4v) is 5.00. The lowest BCUT2D eigenvalue weighted by Crippen LogP contribution is -2.48. The molecule has 0 radical (unpaired) electrons. The Bertz CT molecular complexity index is 984. The number of fused-ring (bicyclic) bond motifs is 1. The summed E-state index contributed by atoms with van der Waals surface area (Å²) in [7, 11) is 0. The minimum absolute atomic E-state index is 0.119. The number of thioether (sulfide) groups is 1. The predicted molar refractivity (Wildman–Crippen MR) is 102 cm³/mol. The molecule has 4 nitrogen and oxygen atoms in total. The van der Waals surface area contributed by atoms with Crippen LogP contribution in [0.25, 0.3) is 0 Å². The van der Waals surface area contributed by atoms with Crippen molar-refractivity contribution in [2.45, 2.75) is 24.4 Å². The van der Waals surface area contributed by atoms with Crippen LogP contribution in [0.5, 0.6) is 5.75 Å². The summed E-state index contributed by atoms with van der Waals surface area (Å²) in [6.45, 7) is -0.119. The molecule has 0 aromatic heterocycles. The van der Waals surface area contributed by atoms with E-state index in [4.69, 9.17) is 10.5 Å². The highest BCUT2D eigenvalue weighted by molar-refractivity contribution is 8.13. The molecule has 0 bridgehead atoms. The molecule has 1 fully saturated rings. The normalized spacial score (nSPS) is 26.6. The lowest BCUT2D eigenvalue weighted by atomic mass is 9.74. The first kappa shape index (κ1) is 20.9. The van der Waals surface area contributed by atoms with E-state index < -0.39 is 29.6 Å². The van der Waals surface area contributed by atoms with Gasteiger partial charge in [0, 0.05) is 28.9 Å². The molecular weight excluding hydrogens is 427 g/mol. The van der Waals surface area contributed by atoms with Gasteiger partial charge in [0.1, 0.15) is 22.9 Å². The van der Waals surface area contributed by atoms with Crippen molar-refractivity contribution in [3.05, 3.63) is 65.2 Å². The van der Waals surface area contributed by atoms with Gasteiger partial charge in [-0.25, -0.2) is 13.8 Å². The number of rotatable bonds is 3. The van der Waals surface area contributed by atoms with Gasteiger partial charge in [-0.3, -0.25) is 0 Å². The number of nitrogens with two attached hydrogens (primary N) is 1. The third-order valence-electron chi connectivity index (χ3n) is 5.31. The van der Waals surface area contributed by atoms with Crippen LogP contribution < -0.4 is 10.5 Å². The summed E-state index contributed by atoms with van der Waals surface area (Å²) in [5.74, 6) is -1.67. The van der Waals surface area contributed by atoms with Crippen LogP contribution in [0.3, 0.4) is 0 Å². The minimum atomic E-state index is -4.84. The Morgan fingerprint density at radius 2 is 1.93 bits per heavy atom. The number of hydrogen-bond acceptors (Lipinski definition) is 5. The molecule has 10 heteroatoms. The van der Waals surface area contributed by atoms with Crippen molar-refractivity contribution >= 4 is 16.9 Å². The van der Waals surface area contributed by atoms with E-state index in [9.17, 15) is 22.0 Å².